The monoisotopic (exact) mass is 446 g/mol. The van der Waals surface area contributed by atoms with Crippen molar-refractivity contribution in [3.63, 3.8) is 0 Å². The molecule has 164 valence electrons. The standard InChI is InChI=1S/C26H26N2O3S/c1-16-7-8-18(26(2,3)4)14-20(16)23(29)21-22(17-9-11-27-12-10-17)28(25(31)24(21)30)15-19-6-5-13-32-19/h5-14,22,29H,15H2,1-4H3/b23-21+. The van der Waals surface area contributed by atoms with Crippen LogP contribution in [0.1, 0.15) is 53.9 Å². The van der Waals surface area contributed by atoms with Crippen LogP contribution in [0.5, 0.6) is 0 Å². The maximum Gasteiger partial charge on any atom is 0.295 e. The van der Waals surface area contributed by atoms with Crippen molar-refractivity contribution in [3.8, 4) is 0 Å². The highest BCUT2D eigenvalue weighted by Gasteiger charge is 2.46. The number of carbonyl (C=O) groups excluding carboxylic acids is 2. The van der Waals surface area contributed by atoms with Crippen LogP contribution in [-0.2, 0) is 21.5 Å². The lowest BCUT2D eigenvalue weighted by atomic mass is 9.84. The third kappa shape index (κ3) is 3.98. The number of aromatic nitrogens is 1. The van der Waals surface area contributed by atoms with E-state index in [4.69, 9.17) is 0 Å². The second kappa shape index (κ2) is 8.36. The van der Waals surface area contributed by atoms with E-state index in [0.717, 1.165) is 21.6 Å². The number of Topliss-reactive ketones (excluding diaryl/α,β-unsaturated/α-hetero) is 1. The number of nitrogens with zero attached hydrogens (tertiary/aromatic N) is 2. The van der Waals surface area contributed by atoms with Gasteiger partial charge in [-0.25, -0.2) is 0 Å². The van der Waals surface area contributed by atoms with Crippen LogP contribution < -0.4 is 0 Å². The first-order valence-electron chi connectivity index (χ1n) is 10.5. The minimum absolute atomic E-state index is 0.118. The van der Waals surface area contributed by atoms with Crippen molar-refractivity contribution in [2.45, 2.75) is 45.7 Å². The molecule has 0 radical (unpaired) electrons. The van der Waals surface area contributed by atoms with Gasteiger partial charge in [-0.05, 0) is 58.7 Å². The Kier molecular flexibility index (Phi) is 5.73. The summed E-state index contributed by atoms with van der Waals surface area (Å²) in [5.74, 6) is -1.41. The third-order valence-corrected chi connectivity index (χ3v) is 6.69. The number of benzene rings is 1. The van der Waals surface area contributed by atoms with E-state index in [-0.39, 0.29) is 16.7 Å². The van der Waals surface area contributed by atoms with Crippen molar-refractivity contribution < 1.29 is 14.7 Å². The molecule has 1 aliphatic rings. The predicted molar refractivity (Wildman–Crippen MR) is 126 cm³/mol. The summed E-state index contributed by atoms with van der Waals surface area (Å²) in [6.45, 7) is 8.48. The fourth-order valence-corrected chi connectivity index (χ4v) is 4.70. The fraction of sp³-hybridized carbons (Fsp3) is 0.269. The van der Waals surface area contributed by atoms with E-state index in [1.807, 2.05) is 42.6 Å². The number of hydrogen-bond donors (Lipinski definition) is 1. The Morgan fingerprint density at radius 3 is 2.47 bits per heavy atom. The van der Waals surface area contributed by atoms with Crippen LogP contribution in [0.2, 0.25) is 0 Å². The molecule has 6 heteroatoms. The molecule has 4 rings (SSSR count). The van der Waals surface area contributed by atoms with Crippen LogP contribution in [0.3, 0.4) is 0 Å². The summed E-state index contributed by atoms with van der Waals surface area (Å²) in [6.07, 6.45) is 3.26. The zero-order valence-electron chi connectivity index (χ0n) is 18.6. The van der Waals surface area contributed by atoms with E-state index in [1.54, 1.807) is 24.5 Å². The van der Waals surface area contributed by atoms with Crippen LogP contribution in [-0.4, -0.2) is 26.7 Å². The molecule has 0 aliphatic carbocycles. The van der Waals surface area contributed by atoms with Crippen molar-refractivity contribution in [3.05, 3.63) is 92.9 Å². The van der Waals surface area contributed by atoms with Gasteiger partial charge in [-0.3, -0.25) is 14.6 Å². The zero-order valence-corrected chi connectivity index (χ0v) is 19.4. The van der Waals surface area contributed by atoms with Crippen molar-refractivity contribution in [2.75, 3.05) is 0 Å². The highest BCUT2D eigenvalue weighted by Crippen LogP contribution is 2.41. The number of aliphatic hydroxyl groups is 1. The zero-order chi connectivity index (χ0) is 23.0. The molecule has 1 atom stereocenters. The number of likely N-dealkylation sites (tertiary alicyclic amines) is 1. The highest BCUT2D eigenvalue weighted by atomic mass is 32.1. The van der Waals surface area contributed by atoms with Crippen LogP contribution >= 0.6 is 11.3 Å². The number of ketones is 1. The minimum atomic E-state index is -0.683. The largest absolute Gasteiger partial charge is 0.507 e. The number of aryl methyl sites for hydroxylation is 1. The van der Waals surface area contributed by atoms with E-state index in [2.05, 4.69) is 25.8 Å². The van der Waals surface area contributed by atoms with Gasteiger partial charge in [0.15, 0.2) is 0 Å². The van der Waals surface area contributed by atoms with E-state index >= 15 is 0 Å². The number of carbonyl (C=O) groups is 2. The van der Waals surface area contributed by atoms with Crippen molar-refractivity contribution >= 4 is 28.8 Å². The van der Waals surface area contributed by atoms with E-state index in [9.17, 15) is 14.7 Å². The quantitative estimate of drug-likeness (QED) is 0.332. The van der Waals surface area contributed by atoms with E-state index < -0.39 is 17.7 Å². The van der Waals surface area contributed by atoms with Gasteiger partial charge in [-0.15, -0.1) is 11.3 Å². The Labute approximate surface area is 192 Å². The number of rotatable bonds is 4. The predicted octanol–water partition coefficient (Wildman–Crippen LogP) is 5.37. The summed E-state index contributed by atoms with van der Waals surface area (Å²) in [6, 6.07) is 12.6. The van der Waals surface area contributed by atoms with Gasteiger partial charge in [0.2, 0.25) is 0 Å². The first kappa shape index (κ1) is 22.0. The second-order valence-electron chi connectivity index (χ2n) is 9.07. The van der Waals surface area contributed by atoms with Crippen molar-refractivity contribution in [1.82, 2.24) is 9.88 Å². The summed E-state index contributed by atoms with van der Waals surface area (Å²) in [4.78, 5) is 32.9. The molecule has 0 saturated carbocycles. The first-order chi connectivity index (χ1) is 15.2. The molecule has 1 aromatic carbocycles. The normalized spacial score (nSPS) is 18.4. The lowest BCUT2D eigenvalue weighted by Crippen LogP contribution is -2.28. The van der Waals surface area contributed by atoms with Crippen LogP contribution in [0.15, 0.2) is 65.8 Å². The third-order valence-electron chi connectivity index (χ3n) is 5.83. The maximum atomic E-state index is 13.2. The highest BCUT2D eigenvalue weighted by molar-refractivity contribution is 7.09. The topological polar surface area (TPSA) is 70.5 Å². The molecule has 32 heavy (non-hydrogen) atoms. The second-order valence-corrected chi connectivity index (χ2v) is 10.1. The van der Waals surface area contributed by atoms with Crippen LogP contribution in [0, 0.1) is 6.92 Å². The minimum Gasteiger partial charge on any atom is -0.507 e. The Hall–Kier alpha value is -3.25. The van der Waals surface area contributed by atoms with Crippen LogP contribution in [0.4, 0.5) is 0 Å². The summed E-state index contributed by atoms with van der Waals surface area (Å²) < 4.78 is 0. The number of hydrogen-bond acceptors (Lipinski definition) is 5. The number of aliphatic hydroxyl groups excluding tert-OH is 1. The molecule has 3 heterocycles. The summed E-state index contributed by atoms with van der Waals surface area (Å²) in [5.41, 5.74) is 3.18. The lowest BCUT2D eigenvalue weighted by Gasteiger charge is -2.25. The van der Waals surface area contributed by atoms with Gasteiger partial charge < -0.3 is 10.0 Å². The summed E-state index contributed by atoms with van der Waals surface area (Å²) in [5, 5.41) is 13.4. The molecule has 1 unspecified atom stereocenters. The molecule has 3 aromatic rings. The summed E-state index contributed by atoms with van der Waals surface area (Å²) in [7, 11) is 0. The van der Waals surface area contributed by atoms with Gasteiger partial charge in [0.05, 0.1) is 18.2 Å². The smallest absolute Gasteiger partial charge is 0.295 e. The summed E-state index contributed by atoms with van der Waals surface area (Å²) >= 11 is 1.53. The molecule has 1 amide bonds. The van der Waals surface area contributed by atoms with Gasteiger partial charge in [0.25, 0.3) is 11.7 Å². The van der Waals surface area contributed by atoms with Crippen molar-refractivity contribution in [2.24, 2.45) is 0 Å². The maximum absolute atomic E-state index is 13.2. The lowest BCUT2D eigenvalue weighted by molar-refractivity contribution is -0.140. The molecule has 2 aromatic heterocycles. The Morgan fingerprint density at radius 2 is 1.84 bits per heavy atom. The SMILES string of the molecule is Cc1ccc(C(C)(C)C)cc1/C(O)=C1\C(=O)C(=O)N(Cc2cccs2)C1c1ccncc1. The molecule has 1 aliphatic heterocycles. The van der Waals surface area contributed by atoms with Crippen LogP contribution in [0.25, 0.3) is 5.76 Å². The molecule has 1 saturated heterocycles. The number of thiophene rings is 1. The van der Waals surface area contributed by atoms with Gasteiger partial charge in [-0.1, -0.05) is 39.0 Å². The van der Waals surface area contributed by atoms with Gasteiger partial charge >= 0.3 is 0 Å². The number of pyridine rings is 1. The molecular weight excluding hydrogens is 420 g/mol. The number of amides is 1. The molecular formula is C26H26N2O3S. The molecule has 0 bridgehead atoms. The molecule has 0 spiro atoms. The van der Waals surface area contributed by atoms with Gasteiger partial charge in [0, 0.05) is 22.8 Å². The van der Waals surface area contributed by atoms with Gasteiger partial charge in [0.1, 0.15) is 5.76 Å². The molecule has 5 nitrogen and oxygen atoms in total. The average molecular weight is 447 g/mol. The Balaban J connectivity index is 1.90. The van der Waals surface area contributed by atoms with E-state index in [1.165, 1.54) is 16.2 Å². The van der Waals surface area contributed by atoms with E-state index in [0.29, 0.717) is 12.1 Å². The fourth-order valence-electron chi connectivity index (χ4n) is 3.99. The van der Waals surface area contributed by atoms with Gasteiger partial charge in [-0.2, -0.15) is 0 Å². The average Bonchev–Trinajstić information content (AvgIpc) is 3.36. The Morgan fingerprint density at radius 1 is 1.12 bits per heavy atom. The molecule has 1 N–H and O–H groups in total. The first-order valence-corrected chi connectivity index (χ1v) is 11.4. The molecule has 1 fully saturated rings. The van der Waals surface area contributed by atoms with Crippen molar-refractivity contribution in [1.29, 1.82) is 0 Å². The Bertz CT molecular complexity index is 1190.